The first-order valence-electron chi connectivity index (χ1n) is 7.93. The van der Waals surface area contributed by atoms with Gasteiger partial charge >= 0.3 is 11.8 Å². The summed E-state index contributed by atoms with van der Waals surface area (Å²) in [5, 5.41) is 24.6. The van der Waals surface area contributed by atoms with Crippen LogP contribution in [-0.4, -0.2) is 29.7 Å². The number of amides is 2. The molecule has 138 valence electrons. The zero-order valence-electron chi connectivity index (χ0n) is 14.8. The topological polar surface area (TPSA) is 124 Å². The molecule has 2 aromatic carbocycles. The van der Waals surface area contributed by atoms with Crippen LogP contribution in [0.1, 0.15) is 18.1 Å². The van der Waals surface area contributed by atoms with Crippen LogP contribution in [0.25, 0.3) is 0 Å². The minimum Gasteiger partial charge on any atom is -0.504 e. The summed E-state index contributed by atoms with van der Waals surface area (Å²) in [6, 6.07) is 13.2. The Labute approximate surface area is 156 Å². The van der Waals surface area contributed by atoms with Crippen molar-refractivity contribution in [3.05, 3.63) is 53.6 Å². The van der Waals surface area contributed by atoms with Gasteiger partial charge in [-0.3, -0.25) is 9.59 Å². The van der Waals surface area contributed by atoms with Crippen molar-refractivity contribution in [2.75, 3.05) is 12.4 Å². The molecular weight excluding hydrogens is 348 g/mol. The number of nitriles is 1. The number of phenolic OH excluding ortho intramolecular Hbond substituents is 1. The molecule has 0 radical (unpaired) electrons. The van der Waals surface area contributed by atoms with Gasteiger partial charge in [0.2, 0.25) is 0 Å². The van der Waals surface area contributed by atoms with Crippen LogP contribution in [0.4, 0.5) is 5.69 Å². The molecule has 0 heterocycles. The van der Waals surface area contributed by atoms with E-state index in [9.17, 15) is 14.7 Å². The van der Waals surface area contributed by atoms with E-state index in [0.717, 1.165) is 5.56 Å². The standard InChI is InChI=1S/C19H18N4O4/c1-12(14-5-8-16(24)17(11-14)27-2)22-23-19(26)18(25)21-15-6-3-13(4-7-15)9-10-20/h3-8,11,24H,9H2,1-2H3,(H,21,25)(H,23,26)/b22-12+. The van der Waals surface area contributed by atoms with E-state index in [-0.39, 0.29) is 17.9 Å². The van der Waals surface area contributed by atoms with E-state index in [2.05, 4.69) is 15.8 Å². The van der Waals surface area contributed by atoms with Gasteiger partial charge < -0.3 is 15.2 Å². The lowest BCUT2D eigenvalue weighted by Gasteiger charge is -2.07. The monoisotopic (exact) mass is 366 g/mol. The zero-order valence-corrected chi connectivity index (χ0v) is 14.8. The Kier molecular flexibility index (Phi) is 6.49. The molecule has 0 saturated carbocycles. The number of carbonyl (C=O) groups excluding carboxylic acids is 2. The Morgan fingerprint density at radius 2 is 1.89 bits per heavy atom. The second-order valence-electron chi connectivity index (χ2n) is 5.51. The second-order valence-corrected chi connectivity index (χ2v) is 5.51. The van der Waals surface area contributed by atoms with Crippen molar-refractivity contribution in [1.82, 2.24) is 5.43 Å². The highest BCUT2D eigenvalue weighted by atomic mass is 16.5. The minimum atomic E-state index is -0.929. The van der Waals surface area contributed by atoms with Gasteiger partial charge in [0.05, 0.1) is 25.3 Å². The van der Waals surface area contributed by atoms with Crippen LogP contribution in [0, 0.1) is 11.3 Å². The van der Waals surface area contributed by atoms with Crippen LogP contribution < -0.4 is 15.5 Å². The van der Waals surface area contributed by atoms with Gasteiger partial charge in [-0.05, 0) is 42.8 Å². The summed E-state index contributed by atoms with van der Waals surface area (Å²) in [5.74, 6) is -1.55. The summed E-state index contributed by atoms with van der Waals surface area (Å²) in [6.45, 7) is 1.64. The number of ether oxygens (including phenoxy) is 1. The fourth-order valence-corrected chi connectivity index (χ4v) is 2.14. The summed E-state index contributed by atoms with van der Waals surface area (Å²) >= 11 is 0. The number of carbonyl (C=O) groups is 2. The highest BCUT2D eigenvalue weighted by Crippen LogP contribution is 2.26. The summed E-state index contributed by atoms with van der Waals surface area (Å²) in [7, 11) is 1.42. The van der Waals surface area contributed by atoms with Crippen LogP contribution >= 0.6 is 0 Å². The number of methoxy groups -OCH3 is 1. The number of hydrogen-bond donors (Lipinski definition) is 3. The Hall–Kier alpha value is -3.86. The normalized spacial score (nSPS) is 10.6. The number of phenols is 1. The molecule has 0 aliphatic carbocycles. The number of nitrogens with one attached hydrogen (secondary N) is 2. The molecule has 0 unspecified atom stereocenters. The third-order valence-corrected chi connectivity index (χ3v) is 3.62. The van der Waals surface area contributed by atoms with E-state index in [0.29, 0.717) is 17.0 Å². The van der Waals surface area contributed by atoms with E-state index in [4.69, 9.17) is 10.00 Å². The molecule has 0 spiro atoms. The van der Waals surface area contributed by atoms with Crippen molar-refractivity contribution in [3.8, 4) is 17.6 Å². The smallest absolute Gasteiger partial charge is 0.329 e. The molecule has 2 aromatic rings. The van der Waals surface area contributed by atoms with Gasteiger partial charge in [0.15, 0.2) is 11.5 Å². The molecule has 8 nitrogen and oxygen atoms in total. The van der Waals surface area contributed by atoms with Crippen molar-refractivity contribution in [3.63, 3.8) is 0 Å². The number of nitrogens with zero attached hydrogens (tertiary/aromatic N) is 2. The van der Waals surface area contributed by atoms with Crippen LogP contribution in [-0.2, 0) is 16.0 Å². The van der Waals surface area contributed by atoms with Crippen LogP contribution in [0.3, 0.4) is 0 Å². The average Bonchev–Trinajstić information content (AvgIpc) is 2.67. The van der Waals surface area contributed by atoms with E-state index < -0.39 is 11.8 Å². The predicted molar refractivity (Wildman–Crippen MR) is 99.4 cm³/mol. The van der Waals surface area contributed by atoms with E-state index in [1.54, 1.807) is 43.3 Å². The molecule has 2 rings (SSSR count). The lowest BCUT2D eigenvalue weighted by molar-refractivity contribution is -0.136. The molecule has 0 bridgehead atoms. The fraction of sp³-hybridized carbons (Fsp3) is 0.158. The predicted octanol–water partition coefficient (Wildman–Crippen LogP) is 1.95. The van der Waals surface area contributed by atoms with Gasteiger partial charge in [-0.25, -0.2) is 5.43 Å². The van der Waals surface area contributed by atoms with E-state index in [1.165, 1.54) is 13.2 Å². The number of hydrazone groups is 1. The molecule has 0 aliphatic heterocycles. The Balaban J connectivity index is 1.98. The lowest BCUT2D eigenvalue weighted by Crippen LogP contribution is -2.32. The molecule has 3 N–H and O–H groups in total. The van der Waals surface area contributed by atoms with Crippen molar-refractivity contribution in [1.29, 1.82) is 5.26 Å². The fourth-order valence-electron chi connectivity index (χ4n) is 2.14. The van der Waals surface area contributed by atoms with E-state index in [1.807, 2.05) is 6.07 Å². The van der Waals surface area contributed by atoms with Gasteiger partial charge in [0, 0.05) is 11.3 Å². The van der Waals surface area contributed by atoms with Gasteiger partial charge in [-0.15, -0.1) is 0 Å². The van der Waals surface area contributed by atoms with Crippen molar-refractivity contribution in [2.24, 2.45) is 5.10 Å². The molecule has 0 aliphatic rings. The molecule has 0 saturated heterocycles. The van der Waals surface area contributed by atoms with Gasteiger partial charge in [0.1, 0.15) is 0 Å². The van der Waals surface area contributed by atoms with Crippen LogP contribution in [0.5, 0.6) is 11.5 Å². The number of aromatic hydroxyl groups is 1. The highest BCUT2D eigenvalue weighted by molar-refractivity contribution is 6.39. The number of hydrogen-bond acceptors (Lipinski definition) is 6. The van der Waals surface area contributed by atoms with E-state index >= 15 is 0 Å². The summed E-state index contributed by atoms with van der Waals surface area (Å²) in [6.07, 6.45) is 0.269. The number of benzene rings is 2. The molecule has 0 atom stereocenters. The summed E-state index contributed by atoms with van der Waals surface area (Å²) in [5.41, 5.74) is 4.45. The maximum Gasteiger partial charge on any atom is 0.329 e. The first-order valence-corrected chi connectivity index (χ1v) is 7.93. The third-order valence-electron chi connectivity index (χ3n) is 3.62. The average molecular weight is 366 g/mol. The third kappa shape index (κ3) is 5.31. The molecule has 8 heteroatoms. The molecule has 0 fully saturated rings. The lowest BCUT2D eigenvalue weighted by atomic mass is 10.1. The summed E-state index contributed by atoms with van der Waals surface area (Å²) < 4.78 is 5.02. The maximum absolute atomic E-state index is 11.9. The Morgan fingerprint density at radius 1 is 1.19 bits per heavy atom. The number of anilines is 1. The molecule has 27 heavy (non-hydrogen) atoms. The van der Waals surface area contributed by atoms with Crippen LogP contribution in [0.15, 0.2) is 47.6 Å². The first-order chi connectivity index (χ1) is 12.9. The zero-order chi connectivity index (χ0) is 19.8. The molecule has 2 amide bonds. The second kappa shape index (κ2) is 9.01. The highest BCUT2D eigenvalue weighted by Gasteiger charge is 2.13. The molecular formula is C19H18N4O4. The van der Waals surface area contributed by atoms with Gasteiger partial charge in [-0.1, -0.05) is 12.1 Å². The Bertz CT molecular complexity index is 914. The van der Waals surface area contributed by atoms with Crippen molar-refractivity contribution in [2.45, 2.75) is 13.3 Å². The first kappa shape index (κ1) is 19.5. The van der Waals surface area contributed by atoms with Gasteiger partial charge in [-0.2, -0.15) is 10.4 Å². The van der Waals surface area contributed by atoms with Crippen molar-refractivity contribution >= 4 is 23.2 Å². The SMILES string of the molecule is COc1cc(/C(C)=N/NC(=O)C(=O)Nc2ccc(CC#N)cc2)ccc1O. The minimum absolute atomic E-state index is 0.0155. The van der Waals surface area contributed by atoms with Crippen molar-refractivity contribution < 1.29 is 19.4 Å². The van der Waals surface area contributed by atoms with Gasteiger partial charge in [0.25, 0.3) is 0 Å². The summed E-state index contributed by atoms with van der Waals surface area (Å²) in [4.78, 5) is 23.8. The van der Waals surface area contributed by atoms with Crippen LogP contribution in [0.2, 0.25) is 0 Å². The molecule has 0 aromatic heterocycles. The number of rotatable bonds is 5. The largest absolute Gasteiger partial charge is 0.504 e. The Morgan fingerprint density at radius 3 is 2.52 bits per heavy atom. The quantitative estimate of drug-likeness (QED) is 0.424. The maximum atomic E-state index is 11.9.